The predicted molar refractivity (Wildman–Crippen MR) is 49.3 cm³/mol. The molecule has 1 atom stereocenters. The molecule has 0 saturated heterocycles. The van der Waals surface area contributed by atoms with Crippen molar-refractivity contribution in [2.45, 2.75) is 39.5 Å². The molecular weight excluding hydrogens is 175 g/mol. The molecule has 4 heteroatoms. The molecule has 3 nitrogen and oxygen atoms in total. The van der Waals surface area contributed by atoms with E-state index < -0.39 is 8.25 Å². The summed E-state index contributed by atoms with van der Waals surface area (Å²) in [5, 5.41) is 0. The molecule has 0 amide bonds. The maximum Gasteiger partial charge on any atom is 0.697 e. The summed E-state index contributed by atoms with van der Waals surface area (Å²) in [7, 11) is -1.85. The molecule has 1 unspecified atom stereocenters. The van der Waals surface area contributed by atoms with Crippen molar-refractivity contribution >= 4 is 8.25 Å². The van der Waals surface area contributed by atoms with E-state index >= 15 is 0 Å². The quantitative estimate of drug-likeness (QED) is 0.438. The van der Waals surface area contributed by atoms with Gasteiger partial charge in [-0.2, -0.15) is 0 Å². The van der Waals surface area contributed by atoms with Gasteiger partial charge >= 0.3 is 8.25 Å². The zero-order valence-electron chi connectivity index (χ0n) is 7.91. The molecule has 0 fully saturated rings. The molecule has 0 aromatic rings. The van der Waals surface area contributed by atoms with Gasteiger partial charge in [0.15, 0.2) is 0 Å². The fourth-order valence-corrected chi connectivity index (χ4v) is 1.37. The molecule has 0 bridgehead atoms. The van der Waals surface area contributed by atoms with Gasteiger partial charge in [0.2, 0.25) is 0 Å². The lowest BCUT2D eigenvalue weighted by atomic mass is 10.2. The Balaban J connectivity index is 3.03. The van der Waals surface area contributed by atoms with Crippen LogP contribution in [0.3, 0.4) is 0 Å². The van der Waals surface area contributed by atoms with E-state index in [1.165, 1.54) is 12.8 Å². The highest BCUT2D eigenvalue weighted by Crippen LogP contribution is 2.23. The highest BCUT2D eigenvalue weighted by Gasteiger charge is 2.17. The van der Waals surface area contributed by atoms with Gasteiger partial charge in [-0.3, -0.25) is 0 Å². The highest BCUT2D eigenvalue weighted by atomic mass is 31.1. The van der Waals surface area contributed by atoms with Gasteiger partial charge in [-0.1, -0.05) is 26.2 Å². The van der Waals surface area contributed by atoms with Crippen LogP contribution in [0.2, 0.25) is 0 Å². The Hall–Kier alpha value is 0.0200. The van der Waals surface area contributed by atoms with E-state index in [0.717, 1.165) is 12.8 Å². The van der Waals surface area contributed by atoms with Gasteiger partial charge in [0.25, 0.3) is 0 Å². The van der Waals surface area contributed by atoms with Crippen molar-refractivity contribution in [2.75, 3.05) is 13.2 Å². The Morgan fingerprint density at radius 3 is 2.42 bits per heavy atom. The average Bonchev–Trinajstić information content (AvgIpc) is 2.05. The molecular formula is C8H18O3P+. The van der Waals surface area contributed by atoms with E-state index in [4.69, 9.17) is 9.05 Å². The second-order valence-corrected chi connectivity index (χ2v) is 3.50. The Morgan fingerprint density at radius 2 is 1.83 bits per heavy atom. The zero-order chi connectivity index (χ0) is 9.23. The smallest absolute Gasteiger partial charge is 0.119 e. The molecule has 72 valence electrons. The molecule has 0 spiro atoms. The number of hydrogen-bond acceptors (Lipinski definition) is 3. The van der Waals surface area contributed by atoms with Crippen LogP contribution in [0.15, 0.2) is 0 Å². The molecule has 0 saturated carbocycles. The van der Waals surface area contributed by atoms with Crippen molar-refractivity contribution in [2.24, 2.45) is 0 Å². The van der Waals surface area contributed by atoms with E-state index in [9.17, 15) is 4.57 Å². The summed E-state index contributed by atoms with van der Waals surface area (Å²) in [6, 6.07) is 0. The average molecular weight is 193 g/mol. The Bertz CT molecular complexity index is 117. The van der Waals surface area contributed by atoms with Gasteiger partial charge in [-0.05, 0) is 13.3 Å². The van der Waals surface area contributed by atoms with E-state index in [0.29, 0.717) is 13.2 Å². The lowest BCUT2D eigenvalue weighted by molar-refractivity contribution is 0.229. The second-order valence-electron chi connectivity index (χ2n) is 2.54. The summed E-state index contributed by atoms with van der Waals surface area (Å²) in [5.41, 5.74) is 0. The largest absolute Gasteiger partial charge is 0.697 e. The lowest BCUT2D eigenvalue weighted by Gasteiger charge is -1.92. The van der Waals surface area contributed by atoms with Gasteiger partial charge in [0.1, 0.15) is 13.2 Å². The summed E-state index contributed by atoms with van der Waals surface area (Å²) >= 11 is 0. The minimum absolute atomic E-state index is 0.449. The standard InChI is InChI=1S/C8H18O3P/c1-3-5-6-7-8-11-12(9)10-4-2/h3-8H2,1-2H3/q+1. The normalized spacial score (nSPS) is 11.7. The number of unbranched alkanes of at least 4 members (excludes halogenated alkanes) is 3. The molecule has 0 heterocycles. The topological polar surface area (TPSA) is 35.5 Å². The lowest BCUT2D eigenvalue weighted by Crippen LogP contribution is -1.88. The SMILES string of the molecule is CCCCCCO[P+](=O)OCC. The third kappa shape index (κ3) is 8.12. The highest BCUT2D eigenvalue weighted by molar-refractivity contribution is 7.33. The molecule has 0 aliphatic carbocycles. The van der Waals surface area contributed by atoms with Crippen molar-refractivity contribution in [1.82, 2.24) is 0 Å². The van der Waals surface area contributed by atoms with E-state index in [1.54, 1.807) is 6.92 Å². The first kappa shape index (κ1) is 12.0. The zero-order valence-corrected chi connectivity index (χ0v) is 8.81. The molecule has 0 aliphatic heterocycles. The fraction of sp³-hybridized carbons (Fsp3) is 1.00. The second kappa shape index (κ2) is 9.11. The van der Waals surface area contributed by atoms with Crippen LogP contribution in [0.5, 0.6) is 0 Å². The van der Waals surface area contributed by atoms with Crippen LogP contribution in [0.4, 0.5) is 0 Å². The molecule has 0 N–H and O–H groups in total. The van der Waals surface area contributed by atoms with Gasteiger partial charge in [-0.15, -0.1) is 9.05 Å². The maximum absolute atomic E-state index is 10.8. The summed E-state index contributed by atoms with van der Waals surface area (Å²) in [5.74, 6) is 0. The first-order valence-electron chi connectivity index (χ1n) is 4.54. The first-order valence-corrected chi connectivity index (χ1v) is 5.63. The van der Waals surface area contributed by atoms with Crippen molar-refractivity contribution in [3.8, 4) is 0 Å². The Kier molecular flexibility index (Phi) is 9.13. The summed E-state index contributed by atoms with van der Waals surface area (Å²) < 4.78 is 20.4. The molecule has 0 aromatic carbocycles. The maximum atomic E-state index is 10.8. The molecule has 0 rings (SSSR count). The molecule has 12 heavy (non-hydrogen) atoms. The third-order valence-corrected chi connectivity index (χ3v) is 2.29. The Labute approximate surface area is 75.4 Å². The van der Waals surface area contributed by atoms with Crippen LogP contribution in [0.25, 0.3) is 0 Å². The minimum atomic E-state index is -1.85. The Morgan fingerprint density at radius 1 is 1.08 bits per heavy atom. The van der Waals surface area contributed by atoms with Crippen molar-refractivity contribution in [3.05, 3.63) is 0 Å². The molecule has 0 radical (unpaired) electrons. The minimum Gasteiger partial charge on any atom is -0.119 e. The van der Waals surface area contributed by atoms with Crippen LogP contribution in [-0.4, -0.2) is 13.2 Å². The van der Waals surface area contributed by atoms with E-state index in [2.05, 4.69) is 6.92 Å². The summed E-state index contributed by atoms with van der Waals surface area (Å²) in [6.07, 6.45) is 4.54. The van der Waals surface area contributed by atoms with Crippen LogP contribution in [-0.2, 0) is 13.6 Å². The number of hydrogen-bond donors (Lipinski definition) is 0. The fourth-order valence-electron chi connectivity index (χ4n) is 0.811. The van der Waals surface area contributed by atoms with Crippen LogP contribution < -0.4 is 0 Å². The van der Waals surface area contributed by atoms with Gasteiger partial charge in [-0.25, -0.2) is 0 Å². The van der Waals surface area contributed by atoms with Crippen molar-refractivity contribution in [3.63, 3.8) is 0 Å². The van der Waals surface area contributed by atoms with Crippen LogP contribution in [0.1, 0.15) is 39.5 Å². The van der Waals surface area contributed by atoms with Crippen molar-refractivity contribution in [1.29, 1.82) is 0 Å². The van der Waals surface area contributed by atoms with Crippen LogP contribution in [0, 0.1) is 0 Å². The van der Waals surface area contributed by atoms with Crippen LogP contribution >= 0.6 is 8.25 Å². The number of rotatable bonds is 8. The summed E-state index contributed by atoms with van der Waals surface area (Å²) in [6.45, 7) is 4.95. The first-order chi connectivity index (χ1) is 5.81. The van der Waals surface area contributed by atoms with Crippen molar-refractivity contribution < 1.29 is 13.6 Å². The monoisotopic (exact) mass is 193 g/mol. The molecule has 0 aliphatic rings. The predicted octanol–water partition coefficient (Wildman–Crippen LogP) is 3.28. The van der Waals surface area contributed by atoms with Gasteiger partial charge in [0, 0.05) is 4.57 Å². The summed E-state index contributed by atoms with van der Waals surface area (Å²) in [4.78, 5) is 0. The van der Waals surface area contributed by atoms with Gasteiger partial charge < -0.3 is 0 Å². The third-order valence-electron chi connectivity index (χ3n) is 1.43. The van der Waals surface area contributed by atoms with E-state index in [1.807, 2.05) is 0 Å². The molecule has 0 aromatic heterocycles. The van der Waals surface area contributed by atoms with Gasteiger partial charge in [0.05, 0.1) is 0 Å². The van der Waals surface area contributed by atoms with E-state index in [-0.39, 0.29) is 0 Å².